The zero-order chi connectivity index (χ0) is 15.9. The number of nitrogens with one attached hydrogen (secondary N) is 2. The first-order valence-corrected chi connectivity index (χ1v) is 6.26. The Kier molecular flexibility index (Phi) is 5.71. The number of rotatable bonds is 4. The largest absolute Gasteiger partial charge is 0.465 e. The predicted octanol–water partition coefficient (Wildman–Crippen LogP) is 1.46. The summed E-state index contributed by atoms with van der Waals surface area (Å²) in [6.07, 6.45) is 4.00. The van der Waals surface area contributed by atoms with E-state index in [9.17, 15) is 14.4 Å². The van der Waals surface area contributed by atoms with Gasteiger partial charge in [-0.1, -0.05) is 0 Å². The second-order valence-electron chi connectivity index (χ2n) is 5.21. The summed E-state index contributed by atoms with van der Waals surface area (Å²) in [5.74, 6) is -0.935. The molecule has 0 saturated heterocycles. The Morgan fingerprint density at radius 3 is 2.62 bits per heavy atom. The minimum Gasteiger partial charge on any atom is -0.465 e. The first-order chi connectivity index (χ1) is 9.76. The molecule has 0 fully saturated rings. The summed E-state index contributed by atoms with van der Waals surface area (Å²) in [4.78, 5) is 34.1. The lowest BCUT2D eigenvalue weighted by molar-refractivity contribution is -0.143. The molecule has 0 aliphatic heterocycles. The number of hydrogen-bond donors (Lipinski definition) is 2. The van der Waals surface area contributed by atoms with Gasteiger partial charge in [-0.15, -0.1) is 0 Å². The highest BCUT2D eigenvalue weighted by atomic mass is 16.5. The zero-order valence-electron chi connectivity index (χ0n) is 12.1. The monoisotopic (exact) mass is 294 g/mol. The molecule has 0 aliphatic carbocycles. The van der Waals surface area contributed by atoms with Crippen LogP contribution in [0.5, 0.6) is 0 Å². The van der Waals surface area contributed by atoms with Crippen LogP contribution in [-0.2, 0) is 14.3 Å². The summed E-state index contributed by atoms with van der Waals surface area (Å²) in [5.41, 5.74) is -0.465. The van der Waals surface area contributed by atoms with Crippen molar-refractivity contribution >= 4 is 24.0 Å². The molecule has 0 aliphatic rings. The van der Waals surface area contributed by atoms with E-state index >= 15 is 0 Å². The molecule has 7 heteroatoms. The number of carbonyl (C=O) groups is 3. The van der Waals surface area contributed by atoms with E-state index in [-0.39, 0.29) is 0 Å². The van der Waals surface area contributed by atoms with Gasteiger partial charge in [0.15, 0.2) is 6.61 Å². The molecule has 21 heavy (non-hydrogen) atoms. The van der Waals surface area contributed by atoms with Crippen LogP contribution in [0.1, 0.15) is 26.5 Å². The van der Waals surface area contributed by atoms with Crippen LogP contribution in [0.15, 0.2) is 28.9 Å². The maximum Gasteiger partial charge on any atom is 0.331 e. The molecule has 1 aromatic heterocycles. The fourth-order valence-electron chi connectivity index (χ4n) is 1.26. The van der Waals surface area contributed by atoms with Crippen molar-refractivity contribution in [1.29, 1.82) is 0 Å². The third-order valence-corrected chi connectivity index (χ3v) is 2.01. The van der Waals surface area contributed by atoms with Crippen molar-refractivity contribution in [1.82, 2.24) is 10.6 Å². The van der Waals surface area contributed by atoms with Gasteiger partial charge in [0.25, 0.3) is 5.91 Å². The van der Waals surface area contributed by atoms with Crippen molar-refractivity contribution < 1.29 is 23.5 Å². The van der Waals surface area contributed by atoms with Crippen LogP contribution < -0.4 is 10.6 Å². The fourth-order valence-corrected chi connectivity index (χ4v) is 1.26. The van der Waals surface area contributed by atoms with E-state index in [1.807, 2.05) is 0 Å². The minimum atomic E-state index is -0.712. The molecule has 0 saturated carbocycles. The number of urea groups is 1. The number of esters is 1. The van der Waals surface area contributed by atoms with Crippen LogP contribution in [0.4, 0.5) is 4.79 Å². The molecular formula is C14H18N2O5. The third kappa shape index (κ3) is 7.56. The van der Waals surface area contributed by atoms with Crippen LogP contribution in [0.3, 0.4) is 0 Å². The predicted molar refractivity (Wildman–Crippen MR) is 75.1 cm³/mol. The molecule has 0 aromatic carbocycles. The molecule has 1 heterocycles. The van der Waals surface area contributed by atoms with E-state index in [1.54, 1.807) is 32.9 Å². The second-order valence-corrected chi connectivity index (χ2v) is 5.21. The number of hydrogen-bond acceptors (Lipinski definition) is 5. The maximum atomic E-state index is 11.4. The molecule has 0 radical (unpaired) electrons. The Bertz CT molecular complexity index is 526. The number of carbonyl (C=O) groups excluding carboxylic acids is 3. The van der Waals surface area contributed by atoms with Gasteiger partial charge in [-0.3, -0.25) is 10.1 Å². The Balaban J connectivity index is 2.29. The quantitative estimate of drug-likeness (QED) is 0.647. The molecule has 0 spiro atoms. The van der Waals surface area contributed by atoms with Crippen molar-refractivity contribution in [3.8, 4) is 0 Å². The highest BCUT2D eigenvalue weighted by Gasteiger charge is 2.16. The number of imide groups is 1. The van der Waals surface area contributed by atoms with Gasteiger partial charge in [0, 0.05) is 11.6 Å². The normalized spacial score (nSPS) is 11.2. The van der Waals surface area contributed by atoms with Crippen LogP contribution in [0, 0.1) is 0 Å². The fraction of sp³-hybridized carbons (Fsp3) is 0.357. The second kappa shape index (κ2) is 7.28. The third-order valence-electron chi connectivity index (χ3n) is 2.01. The highest BCUT2D eigenvalue weighted by Crippen LogP contribution is 2.02. The lowest BCUT2D eigenvalue weighted by Gasteiger charge is -2.20. The molecule has 0 unspecified atom stereocenters. The number of furan rings is 1. The van der Waals surface area contributed by atoms with E-state index in [2.05, 4.69) is 15.4 Å². The first-order valence-electron chi connectivity index (χ1n) is 6.26. The van der Waals surface area contributed by atoms with E-state index in [0.717, 1.165) is 6.08 Å². The molecule has 114 valence electrons. The van der Waals surface area contributed by atoms with Gasteiger partial charge < -0.3 is 14.5 Å². The average molecular weight is 294 g/mol. The van der Waals surface area contributed by atoms with Gasteiger partial charge in [-0.25, -0.2) is 9.59 Å². The van der Waals surface area contributed by atoms with Crippen LogP contribution in [0.25, 0.3) is 6.08 Å². The molecule has 2 N–H and O–H groups in total. The zero-order valence-corrected chi connectivity index (χ0v) is 12.1. The Morgan fingerprint density at radius 2 is 2.05 bits per heavy atom. The van der Waals surface area contributed by atoms with Gasteiger partial charge in [-0.2, -0.15) is 0 Å². The summed E-state index contributed by atoms with van der Waals surface area (Å²) in [7, 11) is 0. The SMILES string of the molecule is CC(C)(C)NC(=O)NC(=O)COC(=O)C=Cc1ccco1. The molecule has 3 amide bonds. The summed E-state index contributed by atoms with van der Waals surface area (Å²) < 4.78 is 9.66. The van der Waals surface area contributed by atoms with Crippen molar-refractivity contribution in [3.63, 3.8) is 0 Å². The first kappa shape index (κ1) is 16.5. The molecule has 0 bridgehead atoms. The molecule has 1 aromatic rings. The molecule has 7 nitrogen and oxygen atoms in total. The van der Waals surface area contributed by atoms with E-state index in [0.29, 0.717) is 5.76 Å². The molecule has 0 atom stereocenters. The van der Waals surface area contributed by atoms with E-state index in [4.69, 9.17) is 4.42 Å². The van der Waals surface area contributed by atoms with Gasteiger partial charge in [0.05, 0.1) is 6.26 Å². The summed E-state index contributed by atoms with van der Waals surface area (Å²) in [6, 6.07) is 2.69. The van der Waals surface area contributed by atoms with Gasteiger partial charge in [0.1, 0.15) is 5.76 Å². The lowest BCUT2D eigenvalue weighted by atomic mass is 10.1. The Morgan fingerprint density at radius 1 is 1.33 bits per heavy atom. The number of ether oxygens (including phenoxy) is 1. The van der Waals surface area contributed by atoms with Crippen LogP contribution in [0.2, 0.25) is 0 Å². The Labute approximate surface area is 122 Å². The van der Waals surface area contributed by atoms with Crippen molar-refractivity contribution in [3.05, 3.63) is 30.2 Å². The van der Waals surface area contributed by atoms with Gasteiger partial charge >= 0.3 is 12.0 Å². The summed E-state index contributed by atoms with van der Waals surface area (Å²) in [5, 5.41) is 4.60. The van der Waals surface area contributed by atoms with Gasteiger partial charge in [0.2, 0.25) is 0 Å². The summed E-state index contributed by atoms with van der Waals surface area (Å²) >= 11 is 0. The Hall–Kier alpha value is -2.57. The van der Waals surface area contributed by atoms with E-state index < -0.39 is 30.1 Å². The minimum absolute atomic E-state index is 0.465. The highest BCUT2D eigenvalue weighted by molar-refractivity contribution is 5.96. The molecular weight excluding hydrogens is 276 g/mol. The number of amides is 3. The van der Waals surface area contributed by atoms with Gasteiger partial charge in [-0.05, 0) is 39.0 Å². The standard InChI is InChI=1S/C14H18N2O5/c1-14(2,3)16-13(19)15-11(17)9-21-12(18)7-6-10-5-4-8-20-10/h4-8H,9H2,1-3H3,(H2,15,16,17,19). The van der Waals surface area contributed by atoms with Crippen molar-refractivity contribution in [2.45, 2.75) is 26.3 Å². The summed E-state index contributed by atoms with van der Waals surface area (Å²) in [6.45, 7) is 4.78. The average Bonchev–Trinajstić information content (AvgIpc) is 2.84. The molecule has 1 rings (SSSR count). The van der Waals surface area contributed by atoms with Crippen molar-refractivity contribution in [2.24, 2.45) is 0 Å². The topological polar surface area (TPSA) is 97.6 Å². The van der Waals surface area contributed by atoms with Crippen molar-refractivity contribution in [2.75, 3.05) is 6.61 Å². The van der Waals surface area contributed by atoms with E-state index in [1.165, 1.54) is 12.3 Å². The lowest BCUT2D eigenvalue weighted by Crippen LogP contribution is -2.49. The van der Waals surface area contributed by atoms with Crippen LogP contribution >= 0.6 is 0 Å². The smallest absolute Gasteiger partial charge is 0.331 e. The maximum absolute atomic E-state index is 11.4. The van der Waals surface area contributed by atoms with Crippen LogP contribution in [-0.4, -0.2) is 30.1 Å².